The van der Waals surface area contributed by atoms with Crippen molar-refractivity contribution < 1.29 is 0 Å². The highest BCUT2D eigenvalue weighted by Crippen LogP contribution is 2.11. The Labute approximate surface area is 71.9 Å². The third-order valence-electron chi connectivity index (χ3n) is 2.06. The number of nitrogens with zero attached hydrogens (tertiary/aromatic N) is 1. The van der Waals surface area contributed by atoms with Crippen molar-refractivity contribution in [1.29, 1.82) is 0 Å². The average Bonchev–Trinajstić information content (AvgIpc) is 2.59. The Balaban J connectivity index is 2.07. The topological polar surface area (TPSA) is 40.7 Å². The van der Waals surface area contributed by atoms with Gasteiger partial charge in [0.25, 0.3) is 0 Å². The van der Waals surface area contributed by atoms with E-state index < -0.39 is 0 Å². The van der Waals surface area contributed by atoms with E-state index in [0.717, 1.165) is 18.8 Å². The second-order valence-corrected chi connectivity index (χ2v) is 3.03. The summed E-state index contributed by atoms with van der Waals surface area (Å²) in [6.45, 7) is 1.10. The van der Waals surface area contributed by atoms with Crippen molar-refractivity contribution >= 4 is 6.08 Å². The summed E-state index contributed by atoms with van der Waals surface area (Å²) in [6.07, 6.45) is 9.43. The lowest BCUT2D eigenvalue weighted by Crippen LogP contribution is -2.19. The quantitative estimate of drug-likeness (QED) is 0.659. The molecule has 0 aliphatic carbocycles. The molecule has 0 atom stereocenters. The van der Waals surface area contributed by atoms with Gasteiger partial charge in [-0.15, -0.1) is 0 Å². The van der Waals surface area contributed by atoms with Crippen molar-refractivity contribution in [2.24, 2.45) is 0 Å². The maximum atomic E-state index is 4.14. The minimum absolute atomic E-state index is 0.944. The average molecular weight is 163 g/mol. The zero-order chi connectivity index (χ0) is 8.23. The fraction of sp³-hybridized carbons (Fsp3) is 0.444. The monoisotopic (exact) mass is 163 g/mol. The lowest BCUT2D eigenvalue weighted by atomic mass is 10.1. The molecule has 0 saturated carbocycles. The first-order chi connectivity index (χ1) is 5.95. The van der Waals surface area contributed by atoms with Gasteiger partial charge in [0, 0.05) is 24.6 Å². The number of piperidine rings is 1. The number of nitrogens with one attached hydrogen (secondary N) is 2. The van der Waals surface area contributed by atoms with Gasteiger partial charge in [0.2, 0.25) is 0 Å². The van der Waals surface area contributed by atoms with Gasteiger partial charge < -0.3 is 10.3 Å². The lowest BCUT2D eigenvalue weighted by molar-refractivity contribution is 0.592. The van der Waals surface area contributed by atoms with Crippen LogP contribution in [0.2, 0.25) is 0 Å². The highest BCUT2D eigenvalue weighted by atomic mass is 14.9. The van der Waals surface area contributed by atoms with Gasteiger partial charge in [-0.3, -0.25) is 0 Å². The van der Waals surface area contributed by atoms with Crippen LogP contribution in [0.1, 0.15) is 25.1 Å². The van der Waals surface area contributed by atoms with Crippen LogP contribution in [-0.4, -0.2) is 16.5 Å². The van der Waals surface area contributed by atoms with Crippen molar-refractivity contribution in [3.63, 3.8) is 0 Å². The number of hydrogen-bond donors (Lipinski definition) is 2. The Morgan fingerprint density at radius 2 is 2.42 bits per heavy atom. The van der Waals surface area contributed by atoms with Crippen molar-refractivity contribution in [1.82, 2.24) is 15.3 Å². The molecule has 0 bridgehead atoms. The van der Waals surface area contributed by atoms with E-state index in [1.807, 2.05) is 6.20 Å². The molecule has 1 aromatic rings. The van der Waals surface area contributed by atoms with E-state index >= 15 is 0 Å². The molecule has 64 valence electrons. The predicted octanol–water partition coefficient (Wildman–Crippen LogP) is 1.52. The van der Waals surface area contributed by atoms with E-state index in [2.05, 4.69) is 21.4 Å². The third-order valence-corrected chi connectivity index (χ3v) is 2.06. The number of allylic oxidation sites excluding steroid dienone is 1. The molecule has 1 fully saturated rings. The highest BCUT2D eigenvalue weighted by Gasteiger charge is 2.03. The van der Waals surface area contributed by atoms with E-state index in [0.29, 0.717) is 0 Å². The van der Waals surface area contributed by atoms with E-state index in [1.54, 1.807) is 6.20 Å². The maximum Gasteiger partial charge on any atom is 0.131 e. The summed E-state index contributed by atoms with van der Waals surface area (Å²) >= 11 is 0. The standard InChI is InChI=1S/C9H13N3/c1-2-4-10-8(3-1)7-9-11-5-6-12-9/h5-7,10H,1-4H2,(H,11,12). The lowest BCUT2D eigenvalue weighted by Gasteiger charge is -2.15. The molecule has 1 saturated heterocycles. The predicted molar refractivity (Wildman–Crippen MR) is 48.4 cm³/mol. The smallest absolute Gasteiger partial charge is 0.131 e. The van der Waals surface area contributed by atoms with Gasteiger partial charge in [0.15, 0.2) is 0 Å². The Kier molecular flexibility index (Phi) is 2.12. The number of aromatic amines is 1. The zero-order valence-electron chi connectivity index (χ0n) is 7.01. The highest BCUT2D eigenvalue weighted by molar-refractivity contribution is 5.44. The molecule has 3 nitrogen and oxygen atoms in total. The van der Waals surface area contributed by atoms with E-state index in [4.69, 9.17) is 0 Å². The minimum Gasteiger partial charge on any atom is -0.388 e. The molecule has 2 rings (SSSR count). The largest absolute Gasteiger partial charge is 0.388 e. The summed E-state index contributed by atoms with van der Waals surface area (Å²) in [7, 11) is 0. The van der Waals surface area contributed by atoms with Crippen LogP contribution in [0.3, 0.4) is 0 Å². The molecule has 0 amide bonds. The fourth-order valence-corrected chi connectivity index (χ4v) is 1.42. The van der Waals surface area contributed by atoms with Gasteiger partial charge in [0.05, 0.1) is 0 Å². The van der Waals surface area contributed by atoms with E-state index in [-0.39, 0.29) is 0 Å². The first kappa shape index (κ1) is 7.40. The Morgan fingerprint density at radius 3 is 3.08 bits per heavy atom. The Hall–Kier alpha value is -1.25. The van der Waals surface area contributed by atoms with Crippen LogP contribution in [0, 0.1) is 0 Å². The van der Waals surface area contributed by atoms with Crippen LogP contribution in [-0.2, 0) is 0 Å². The van der Waals surface area contributed by atoms with Gasteiger partial charge in [-0.1, -0.05) is 0 Å². The summed E-state index contributed by atoms with van der Waals surface area (Å²) in [4.78, 5) is 7.20. The second kappa shape index (κ2) is 3.43. The molecule has 0 aromatic carbocycles. The zero-order valence-corrected chi connectivity index (χ0v) is 7.01. The molecular weight excluding hydrogens is 150 g/mol. The van der Waals surface area contributed by atoms with Crippen molar-refractivity contribution in [3.8, 4) is 0 Å². The SMILES string of the molecule is C(=C1CCCCN1)c1ncc[nH]1. The molecule has 1 aliphatic rings. The fourth-order valence-electron chi connectivity index (χ4n) is 1.42. The summed E-state index contributed by atoms with van der Waals surface area (Å²) in [6, 6.07) is 0. The number of hydrogen-bond acceptors (Lipinski definition) is 2. The van der Waals surface area contributed by atoms with Crippen molar-refractivity contribution in [2.45, 2.75) is 19.3 Å². The third kappa shape index (κ3) is 1.67. The van der Waals surface area contributed by atoms with E-state index in [1.165, 1.54) is 18.5 Å². The summed E-state index contributed by atoms with van der Waals surface area (Å²) in [5.41, 5.74) is 1.30. The van der Waals surface area contributed by atoms with Crippen molar-refractivity contribution in [3.05, 3.63) is 23.9 Å². The second-order valence-electron chi connectivity index (χ2n) is 3.03. The number of aromatic nitrogens is 2. The van der Waals surface area contributed by atoms with Crippen LogP contribution in [0.25, 0.3) is 6.08 Å². The number of H-pyrrole nitrogens is 1. The van der Waals surface area contributed by atoms with Crippen LogP contribution in [0.4, 0.5) is 0 Å². The molecule has 1 aromatic heterocycles. The maximum absolute atomic E-state index is 4.14. The summed E-state index contributed by atoms with van der Waals surface area (Å²) in [5, 5.41) is 3.36. The van der Waals surface area contributed by atoms with Crippen LogP contribution < -0.4 is 5.32 Å². The Morgan fingerprint density at radius 1 is 1.42 bits per heavy atom. The molecule has 3 heteroatoms. The van der Waals surface area contributed by atoms with Gasteiger partial charge in [-0.25, -0.2) is 4.98 Å². The van der Waals surface area contributed by atoms with Crippen LogP contribution in [0.15, 0.2) is 18.1 Å². The summed E-state index contributed by atoms with van der Waals surface area (Å²) < 4.78 is 0. The van der Waals surface area contributed by atoms with Crippen molar-refractivity contribution in [2.75, 3.05) is 6.54 Å². The van der Waals surface area contributed by atoms with Gasteiger partial charge in [-0.2, -0.15) is 0 Å². The number of rotatable bonds is 1. The molecule has 1 aliphatic heterocycles. The Bertz CT molecular complexity index is 253. The first-order valence-corrected chi connectivity index (χ1v) is 4.39. The van der Waals surface area contributed by atoms with Gasteiger partial charge in [-0.05, 0) is 25.3 Å². The molecule has 0 spiro atoms. The summed E-state index contributed by atoms with van der Waals surface area (Å²) in [5.74, 6) is 0.944. The van der Waals surface area contributed by atoms with E-state index in [9.17, 15) is 0 Å². The van der Waals surface area contributed by atoms with Crippen LogP contribution >= 0.6 is 0 Å². The first-order valence-electron chi connectivity index (χ1n) is 4.39. The molecule has 0 radical (unpaired) electrons. The molecule has 0 unspecified atom stereocenters. The molecule has 2 N–H and O–H groups in total. The van der Waals surface area contributed by atoms with Gasteiger partial charge in [0.1, 0.15) is 5.82 Å². The van der Waals surface area contributed by atoms with Gasteiger partial charge >= 0.3 is 0 Å². The van der Waals surface area contributed by atoms with Crippen LogP contribution in [0.5, 0.6) is 0 Å². The molecule has 12 heavy (non-hydrogen) atoms. The molecule has 2 heterocycles. The minimum atomic E-state index is 0.944. The normalized spacial score (nSPS) is 20.8. The molecular formula is C9H13N3. The number of imidazole rings is 1.